The van der Waals surface area contributed by atoms with Gasteiger partial charge in [-0.3, -0.25) is 0 Å². The number of tetrazole rings is 1. The highest BCUT2D eigenvalue weighted by molar-refractivity contribution is 7.89. The first-order valence-corrected chi connectivity index (χ1v) is 10.1. The van der Waals surface area contributed by atoms with E-state index < -0.39 is 21.4 Å². The number of nitrogens with zero attached hydrogens (tertiary/aromatic N) is 3. The van der Waals surface area contributed by atoms with Crippen molar-refractivity contribution in [2.75, 3.05) is 13.7 Å². The Morgan fingerprint density at radius 2 is 1.93 bits per heavy atom. The summed E-state index contributed by atoms with van der Waals surface area (Å²) in [4.78, 5) is -0.0875. The molecule has 0 amide bonds. The molecule has 10 heteroatoms. The highest BCUT2D eigenvalue weighted by Crippen LogP contribution is 2.32. The fourth-order valence-electron chi connectivity index (χ4n) is 3.43. The van der Waals surface area contributed by atoms with Gasteiger partial charge in [-0.25, -0.2) is 17.5 Å². The lowest BCUT2D eigenvalue weighted by atomic mass is 10.0. The molecule has 0 fully saturated rings. The number of fused-ring (bicyclic) bond motifs is 1. The van der Waals surface area contributed by atoms with Gasteiger partial charge in [-0.05, 0) is 34.5 Å². The first kappa shape index (κ1) is 18.7. The van der Waals surface area contributed by atoms with E-state index in [1.807, 2.05) is 24.3 Å². The van der Waals surface area contributed by atoms with Crippen LogP contribution in [0.5, 0.6) is 0 Å². The lowest BCUT2D eigenvalue weighted by molar-refractivity contribution is 0.00378. The topological polar surface area (TPSA) is 110 Å². The van der Waals surface area contributed by atoms with Gasteiger partial charge in [-0.1, -0.05) is 24.3 Å². The van der Waals surface area contributed by atoms with Crippen molar-refractivity contribution in [2.45, 2.75) is 23.3 Å². The zero-order chi connectivity index (χ0) is 19.8. The number of hydrogen-bond donors (Lipinski definition) is 2. The minimum Gasteiger partial charge on any atom is -0.376 e. The second-order valence-electron chi connectivity index (χ2n) is 6.71. The number of halogens is 1. The van der Waals surface area contributed by atoms with E-state index >= 15 is 0 Å². The molecule has 2 aromatic carbocycles. The van der Waals surface area contributed by atoms with Gasteiger partial charge in [0.05, 0.1) is 16.1 Å². The first-order chi connectivity index (χ1) is 13.4. The van der Waals surface area contributed by atoms with Crippen LogP contribution in [0.25, 0.3) is 11.4 Å². The van der Waals surface area contributed by atoms with E-state index in [-0.39, 0.29) is 22.8 Å². The van der Waals surface area contributed by atoms with Gasteiger partial charge >= 0.3 is 0 Å². The van der Waals surface area contributed by atoms with Gasteiger partial charge in [0, 0.05) is 26.5 Å². The van der Waals surface area contributed by atoms with Crippen molar-refractivity contribution in [1.82, 2.24) is 25.3 Å². The van der Waals surface area contributed by atoms with Gasteiger partial charge in [0.2, 0.25) is 15.8 Å². The van der Waals surface area contributed by atoms with E-state index in [9.17, 15) is 12.8 Å². The van der Waals surface area contributed by atoms with Crippen LogP contribution in [0.1, 0.15) is 11.1 Å². The number of benzene rings is 2. The third-order valence-electron chi connectivity index (χ3n) is 5.00. The predicted octanol–water partition coefficient (Wildman–Crippen LogP) is 1.47. The van der Waals surface area contributed by atoms with Gasteiger partial charge in [0.1, 0.15) is 5.82 Å². The molecule has 8 nitrogen and oxygen atoms in total. The van der Waals surface area contributed by atoms with Crippen molar-refractivity contribution in [3.05, 3.63) is 59.4 Å². The average Bonchev–Trinajstić information content (AvgIpc) is 3.35. The molecule has 4 rings (SSSR count). The number of aromatic amines is 1. The average molecular weight is 403 g/mol. The maximum Gasteiger partial charge on any atom is 0.240 e. The lowest BCUT2D eigenvalue weighted by Crippen LogP contribution is -2.45. The second-order valence-corrected chi connectivity index (χ2v) is 8.48. The molecule has 3 aromatic rings. The summed E-state index contributed by atoms with van der Waals surface area (Å²) < 4.78 is 48.0. The summed E-state index contributed by atoms with van der Waals surface area (Å²) in [5.74, 6) is -0.658. The molecule has 1 aliphatic rings. The maximum atomic E-state index is 14.1. The molecule has 0 aliphatic heterocycles. The second kappa shape index (κ2) is 7.04. The predicted molar refractivity (Wildman–Crippen MR) is 98.4 cm³/mol. The monoisotopic (exact) mass is 403 g/mol. The molecule has 0 spiro atoms. The normalized spacial score (nSPS) is 15.5. The van der Waals surface area contributed by atoms with Crippen LogP contribution in [-0.2, 0) is 27.6 Å². The minimum absolute atomic E-state index is 0.0193. The summed E-state index contributed by atoms with van der Waals surface area (Å²) in [6.07, 6.45) is 1.22. The Labute approximate surface area is 161 Å². The number of nitrogens with one attached hydrogen (secondary N) is 2. The van der Waals surface area contributed by atoms with Crippen LogP contribution in [0.15, 0.2) is 47.4 Å². The van der Waals surface area contributed by atoms with Gasteiger partial charge in [-0.2, -0.15) is 5.21 Å². The molecule has 2 N–H and O–H groups in total. The Morgan fingerprint density at radius 1 is 1.21 bits per heavy atom. The van der Waals surface area contributed by atoms with Gasteiger partial charge < -0.3 is 4.74 Å². The van der Waals surface area contributed by atoms with E-state index in [0.29, 0.717) is 12.8 Å². The summed E-state index contributed by atoms with van der Waals surface area (Å²) in [5.41, 5.74) is 1.58. The van der Waals surface area contributed by atoms with Crippen molar-refractivity contribution >= 4 is 10.0 Å². The highest BCUT2D eigenvalue weighted by atomic mass is 32.2. The number of rotatable bonds is 6. The molecule has 1 aromatic heterocycles. The zero-order valence-electron chi connectivity index (χ0n) is 15.0. The smallest absolute Gasteiger partial charge is 0.240 e. The van der Waals surface area contributed by atoms with Crippen LogP contribution in [-0.4, -0.2) is 48.3 Å². The zero-order valence-corrected chi connectivity index (χ0v) is 15.8. The van der Waals surface area contributed by atoms with Crippen molar-refractivity contribution < 1.29 is 17.5 Å². The Morgan fingerprint density at radius 3 is 2.54 bits per heavy atom. The summed E-state index contributed by atoms with van der Waals surface area (Å²) in [6, 6.07) is 11.4. The SMILES string of the molecule is COC1(CNS(=O)(=O)c2ccc(F)c(-c3nn[nH]n3)c2)Cc2ccccc2C1. The maximum absolute atomic E-state index is 14.1. The molecular formula is C18H18FN5O3S. The number of aromatic nitrogens is 4. The fourth-order valence-corrected chi connectivity index (χ4v) is 4.57. The molecule has 0 unspecified atom stereocenters. The summed E-state index contributed by atoms with van der Waals surface area (Å²) in [7, 11) is -2.32. The third kappa shape index (κ3) is 3.41. The third-order valence-corrected chi connectivity index (χ3v) is 6.39. The number of H-pyrrole nitrogens is 1. The van der Waals surface area contributed by atoms with E-state index in [1.165, 1.54) is 12.1 Å². The molecule has 0 saturated carbocycles. The van der Waals surface area contributed by atoms with Gasteiger partial charge in [0.25, 0.3) is 0 Å². The quantitative estimate of drug-likeness (QED) is 0.645. The fraction of sp³-hybridized carbons (Fsp3) is 0.278. The molecule has 146 valence electrons. The van der Waals surface area contributed by atoms with Crippen LogP contribution >= 0.6 is 0 Å². The molecule has 28 heavy (non-hydrogen) atoms. The molecule has 1 heterocycles. The van der Waals surface area contributed by atoms with Crippen molar-refractivity contribution in [1.29, 1.82) is 0 Å². The van der Waals surface area contributed by atoms with Crippen molar-refractivity contribution in [3.63, 3.8) is 0 Å². The number of hydrogen-bond acceptors (Lipinski definition) is 6. The first-order valence-electron chi connectivity index (χ1n) is 8.57. The Balaban J connectivity index is 1.56. The largest absolute Gasteiger partial charge is 0.376 e. The van der Waals surface area contributed by atoms with Crippen molar-refractivity contribution in [2.24, 2.45) is 0 Å². The van der Waals surface area contributed by atoms with E-state index in [1.54, 1.807) is 7.11 Å². The minimum atomic E-state index is -3.90. The number of methoxy groups -OCH3 is 1. The molecule has 0 bridgehead atoms. The van der Waals surface area contributed by atoms with Crippen LogP contribution in [0.2, 0.25) is 0 Å². The lowest BCUT2D eigenvalue weighted by Gasteiger charge is -2.27. The van der Waals surface area contributed by atoms with E-state index in [2.05, 4.69) is 25.3 Å². The van der Waals surface area contributed by atoms with Gasteiger partial charge in [0.15, 0.2) is 0 Å². The van der Waals surface area contributed by atoms with Crippen LogP contribution < -0.4 is 4.72 Å². The Hall–Kier alpha value is -2.69. The standard InChI is InChI=1S/C18H18FN5O3S/c1-27-18(9-12-4-2-3-5-13(12)10-18)11-20-28(25,26)14-6-7-16(19)15(8-14)17-21-23-24-22-17/h2-8,20H,9-11H2,1H3,(H,21,22,23,24). The van der Waals surface area contributed by atoms with Crippen LogP contribution in [0.3, 0.4) is 0 Å². The highest BCUT2D eigenvalue weighted by Gasteiger charge is 2.38. The van der Waals surface area contributed by atoms with Crippen LogP contribution in [0, 0.1) is 5.82 Å². The Kier molecular flexibility index (Phi) is 4.69. The number of ether oxygens (including phenoxy) is 1. The molecule has 0 radical (unpaired) electrons. The number of sulfonamides is 1. The molecule has 0 atom stereocenters. The summed E-state index contributed by atoms with van der Waals surface area (Å²) in [6.45, 7) is 0.0927. The summed E-state index contributed by atoms with van der Waals surface area (Å²) >= 11 is 0. The molecule has 0 saturated heterocycles. The van der Waals surface area contributed by atoms with E-state index in [0.717, 1.165) is 17.2 Å². The molecular weight excluding hydrogens is 385 g/mol. The summed E-state index contributed by atoms with van der Waals surface area (Å²) in [5, 5.41) is 13.0. The van der Waals surface area contributed by atoms with Crippen LogP contribution in [0.4, 0.5) is 4.39 Å². The Bertz CT molecular complexity index is 1080. The van der Waals surface area contributed by atoms with Crippen molar-refractivity contribution in [3.8, 4) is 11.4 Å². The molecule has 1 aliphatic carbocycles. The van der Waals surface area contributed by atoms with Gasteiger partial charge in [-0.15, -0.1) is 10.2 Å². The van der Waals surface area contributed by atoms with E-state index in [4.69, 9.17) is 4.74 Å².